The van der Waals surface area contributed by atoms with E-state index in [2.05, 4.69) is 25.6 Å². The van der Waals surface area contributed by atoms with Crippen molar-refractivity contribution in [3.63, 3.8) is 0 Å². The Morgan fingerprint density at radius 3 is 2.50 bits per heavy atom. The molecule has 0 unspecified atom stereocenters. The molecule has 0 aliphatic carbocycles. The van der Waals surface area contributed by atoms with Crippen LogP contribution in [0.4, 0.5) is 14.5 Å². The second-order valence-corrected chi connectivity index (χ2v) is 6.53. The summed E-state index contributed by atoms with van der Waals surface area (Å²) in [6, 6.07) is 2.93. The summed E-state index contributed by atoms with van der Waals surface area (Å²) in [5.74, 6) is -2.05. The van der Waals surface area contributed by atoms with Gasteiger partial charge in [0.05, 0.1) is 11.9 Å². The van der Waals surface area contributed by atoms with Crippen LogP contribution in [0.5, 0.6) is 0 Å². The number of hydrogen-bond acceptors (Lipinski definition) is 3. The standard InChI is InChI=1S/C12H9BrF2N2O2S/c1-7-2-9(6-16-5-7)17-20(18,19)12-10(13)3-8(14)4-11(12)15/h2-6,17H,1H3. The Hall–Kier alpha value is -1.54. The van der Waals surface area contributed by atoms with Crippen LogP contribution in [0.15, 0.2) is 40.0 Å². The first-order valence-corrected chi connectivity index (χ1v) is 7.66. The van der Waals surface area contributed by atoms with Crippen LogP contribution in [0.1, 0.15) is 5.56 Å². The summed E-state index contributed by atoms with van der Waals surface area (Å²) in [6.45, 7) is 1.74. The summed E-state index contributed by atoms with van der Waals surface area (Å²) >= 11 is 2.85. The molecule has 0 saturated heterocycles. The second kappa shape index (κ2) is 5.45. The number of rotatable bonds is 3. The molecule has 0 radical (unpaired) electrons. The monoisotopic (exact) mass is 362 g/mol. The lowest BCUT2D eigenvalue weighted by Crippen LogP contribution is -2.15. The van der Waals surface area contributed by atoms with E-state index in [4.69, 9.17) is 0 Å². The number of aryl methyl sites for hydroxylation is 1. The van der Waals surface area contributed by atoms with Gasteiger partial charge in [-0.25, -0.2) is 17.2 Å². The number of nitrogens with zero attached hydrogens (tertiary/aromatic N) is 1. The van der Waals surface area contributed by atoms with Crippen molar-refractivity contribution in [2.45, 2.75) is 11.8 Å². The minimum atomic E-state index is -4.19. The first-order chi connectivity index (χ1) is 9.29. The predicted octanol–water partition coefficient (Wildman–Crippen LogP) is 3.23. The Bertz CT molecular complexity index is 743. The van der Waals surface area contributed by atoms with E-state index in [0.29, 0.717) is 6.07 Å². The molecule has 8 heteroatoms. The van der Waals surface area contributed by atoms with Gasteiger partial charge >= 0.3 is 0 Å². The number of hydrogen-bond donors (Lipinski definition) is 1. The van der Waals surface area contributed by atoms with E-state index in [1.54, 1.807) is 19.2 Å². The molecule has 2 aromatic rings. The van der Waals surface area contributed by atoms with Gasteiger partial charge in [-0.3, -0.25) is 9.71 Å². The molecule has 106 valence electrons. The zero-order valence-corrected chi connectivity index (χ0v) is 12.6. The van der Waals surface area contributed by atoms with Crippen molar-refractivity contribution in [2.24, 2.45) is 0 Å². The van der Waals surface area contributed by atoms with Crippen molar-refractivity contribution >= 4 is 31.6 Å². The molecule has 0 amide bonds. The summed E-state index contributed by atoms with van der Waals surface area (Å²) in [4.78, 5) is 3.18. The minimum Gasteiger partial charge on any atom is -0.278 e. The van der Waals surface area contributed by atoms with E-state index in [0.717, 1.165) is 11.6 Å². The minimum absolute atomic E-state index is 0.192. The van der Waals surface area contributed by atoms with Gasteiger partial charge in [0.25, 0.3) is 10.0 Å². The fourth-order valence-corrected chi connectivity index (χ4v) is 3.81. The lowest BCUT2D eigenvalue weighted by Gasteiger charge is -2.10. The Labute approximate surface area is 123 Å². The van der Waals surface area contributed by atoms with Crippen LogP contribution >= 0.6 is 15.9 Å². The average Bonchev–Trinajstić information content (AvgIpc) is 2.25. The highest BCUT2D eigenvalue weighted by atomic mass is 79.9. The SMILES string of the molecule is Cc1cncc(NS(=O)(=O)c2c(F)cc(F)cc2Br)c1. The van der Waals surface area contributed by atoms with E-state index < -0.39 is 26.6 Å². The third-order valence-corrected chi connectivity index (χ3v) is 4.70. The van der Waals surface area contributed by atoms with Crippen molar-refractivity contribution < 1.29 is 17.2 Å². The second-order valence-electron chi connectivity index (χ2n) is 4.06. The van der Waals surface area contributed by atoms with Crippen molar-refractivity contribution in [1.29, 1.82) is 0 Å². The van der Waals surface area contributed by atoms with E-state index in [-0.39, 0.29) is 10.2 Å². The summed E-state index contributed by atoms with van der Waals surface area (Å²) in [7, 11) is -4.19. The highest BCUT2D eigenvalue weighted by Gasteiger charge is 2.23. The zero-order valence-electron chi connectivity index (χ0n) is 10.2. The number of pyridine rings is 1. The molecule has 1 aromatic carbocycles. The summed E-state index contributed by atoms with van der Waals surface area (Å²) in [6.07, 6.45) is 2.84. The van der Waals surface area contributed by atoms with Gasteiger partial charge in [-0.05, 0) is 40.5 Å². The normalized spacial score (nSPS) is 11.4. The molecule has 0 fully saturated rings. The molecule has 1 N–H and O–H groups in total. The maximum absolute atomic E-state index is 13.7. The summed E-state index contributed by atoms with van der Waals surface area (Å²) in [5.41, 5.74) is 0.935. The van der Waals surface area contributed by atoms with Crippen molar-refractivity contribution in [2.75, 3.05) is 4.72 Å². The lowest BCUT2D eigenvalue weighted by molar-refractivity contribution is 0.548. The molecule has 0 atom stereocenters. The highest BCUT2D eigenvalue weighted by molar-refractivity contribution is 9.10. The van der Waals surface area contributed by atoms with Gasteiger partial charge in [-0.2, -0.15) is 0 Å². The molecule has 20 heavy (non-hydrogen) atoms. The number of anilines is 1. The maximum Gasteiger partial charge on any atom is 0.266 e. The molecule has 0 spiro atoms. The molecular weight excluding hydrogens is 354 g/mol. The van der Waals surface area contributed by atoms with E-state index in [1.165, 1.54) is 6.20 Å². The largest absolute Gasteiger partial charge is 0.278 e. The van der Waals surface area contributed by atoms with Crippen molar-refractivity contribution in [3.8, 4) is 0 Å². The average molecular weight is 363 g/mol. The van der Waals surface area contributed by atoms with Crippen LogP contribution in [0, 0.1) is 18.6 Å². The van der Waals surface area contributed by atoms with Gasteiger partial charge < -0.3 is 0 Å². The quantitative estimate of drug-likeness (QED) is 0.911. The first-order valence-electron chi connectivity index (χ1n) is 5.38. The van der Waals surface area contributed by atoms with Gasteiger partial charge in [0.15, 0.2) is 0 Å². The maximum atomic E-state index is 13.7. The molecule has 1 aromatic heterocycles. The first kappa shape index (κ1) is 14.9. The van der Waals surface area contributed by atoms with Gasteiger partial charge in [0.1, 0.15) is 16.5 Å². The van der Waals surface area contributed by atoms with Crippen LogP contribution in [0.3, 0.4) is 0 Å². The van der Waals surface area contributed by atoms with E-state index in [1.807, 2.05) is 0 Å². The Balaban J connectivity index is 2.46. The highest BCUT2D eigenvalue weighted by Crippen LogP contribution is 2.28. The van der Waals surface area contributed by atoms with Gasteiger partial charge in [0.2, 0.25) is 0 Å². The Morgan fingerprint density at radius 1 is 1.20 bits per heavy atom. The van der Waals surface area contributed by atoms with Gasteiger partial charge in [-0.15, -0.1) is 0 Å². The smallest absolute Gasteiger partial charge is 0.266 e. The number of aromatic nitrogens is 1. The molecular formula is C12H9BrF2N2O2S. The summed E-state index contributed by atoms with van der Waals surface area (Å²) in [5, 5.41) is 0. The summed E-state index contributed by atoms with van der Waals surface area (Å²) < 4.78 is 52.9. The number of nitrogens with one attached hydrogen (secondary N) is 1. The fourth-order valence-electron chi connectivity index (χ4n) is 1.60. The van der Waals surface area contributed by atoms with Crippen molar-refractivity contribution in [3.05, 3.63) is 52.3 Å². The topological polar surface area (TPSA) is 59.1 Å². The molecule has 1 heterocycles. The molecule has 0 bridgehead atoms. The number of sulfonamides is 1. The third kappa shape index (κ3) is 3.13. The van der Waals surface area contributed by atoms with Gasteiger partial charge in [-0.1, -0.05) is 0 Å². The molecule has 4 nitrogen and oxygen atoms in total. The molecule has 2 rings (SSSR count). The van der Waals surface area contributed by atoms with Crippen LogP contribution < -0.4 is 4.72 Å². The van der Waals surface area contributed by atoms with Crippen LogP contribution in [-0.2, 0) is 10.0 Å². The number of benzene rings is 1. The lowest BCUT2D eigenvalue weighted by atomic mass is 10.3. The zero-order chi connectivity index (χ0) is 14.9. The van der Waals surface area contributed by atoms with Crippen LogP contribution in [0.2, 0.25) is 0 Å². The number of halogens is 3. The van der Waals surface area contributed by atoms with Crippen LogP contribution in [0.25, 0.3) is 0 Å². The molecule has 0 saturated carbocycles. The van der Waals surface area contributed by atoms with E-state index in [9.17, 15) is 17.2 Å². The molecule has 0 aliphatic rings. The third-order valence-electron chi connectivity index (χ3n) is 2.36. The van der Waals surface area contributed by atoms with Crippen LogP contribution in [-0.4, -0.2) is 13.4 Å². The Kier molecular flexibility index (Phi) is 4.05. The fraction of sp³-hybridized carbons (Fsp3) is 0.0833. The Morgan fingerprint density at radius 2 is 1.90 bits per heavy atom. The predicted molar refractivity (Wildman–Crippen MR) is 73.8 cm³/mol. The molecule has 0 aliphatic heterocycles. The van der Waals surface area contributed by atoms with Crippen molar-refractivity contribution in [1.82, 2.24) is 4.98 Å². The van der Waals surface area contributed by atoms with Gasteiger partial charge in [0, 0.05) is 16.7 Å². The van der Waals surface area contributed by atoms with E-state index >= 15 is 0 Å².